The average molecular weight is 254 g/mol. The largest absolute Gasteiger partial charge is 0.515 e. The Morgan fingerprint density at radius 1 is 0.944 bits per heavy atom. The summed E-state index contributed by atoms with van der Waals surface area (Å²) in [6, 6.07) is 0. The molecule has 0 saturated heterocycles. The van der Waals surface area contributed by atoms with Crippen molar-refractivity contribution in [1.82, 2.24) is 0 Å². The molecule has 0 amide bonds. The summed E-state index contributed by atoms with van der Waals surface area (Å²) >= 11 is 0. The standard InChI is InChI=1S/C14H22O4/c1-13(2,3)9(8-15)7-10(14(4,5)6)11(16)12(17)18/h7-8,15H,1-6H3,(H,17,18)/b9-8-,10-7-. The van der Waals surface area contributed by atoms with E-state index in [0.717, 1.165) is 6.26 Å². The molecule has 4 heteroatoms. The third-order valence-electron chi connectivity index (χ3n) is 2.55. The zero-order valence-electron chi connectivity index (χ0n) is 11.9. The van der Waals surface area contributed by atoms with Crippen molar-refractivity contribution in [3.8, 4) is 0 Å². The van der Waals surface area contributed by atoms with Crippen molar-refractivity contribution < 1.29 is 19.8 Å². The van der Waals surface area contributed by atoms with Crippen LogP contribution in [0.2, 0.25) is 0 Å². The van der Waals surface area contributed by atoms with E-state index in [0.29, 0.717) is 5.57 Å². The van der Waals surface area contributed by atoms with E-state index in [4.69, 9.17) is 5.11 Å². The Morgan fingerprint density at radius 2 is 1.39 bits per heavy atom. The molecule has 0 radical (unpaired) electrons. The molecule has 0 fully saturated rings. The van der Waals surface area contributed by atoms with Gasteiger partial charge in [0.15, 0.2) is 0 Å². The van der Waals surface area contributed by atoms with Crippen LogP contribution in [0.15, 0.2) is 23.5 Å². The highest BCUT2D eigenvalue weighted by molar-refractivity contribution is 6.40. The molecule has 0 rings (SSSR count). The summed E-state index contributed by atoms with van der Waals surface area (Å²) in [7, 11) is 0. The SMILES string of the molecule is CC(C)(C)C(=C\O)/C=C(/C(=O)C(=O)O)C(C)(C)C. The van der Waals surface area contributed by atoms with Crippen molar-refractivity contribution in [2.24, 2.45) is 10.8 Å². The summed E-state index contributed by atoms with van der Waals surface area (Å²) in [5.74, 6) is -2.42. The number of aliphatic carboxylic acids is 1. The Balaban J connectivity index is 5.76. The maximum atomic E-state index is 11.7. The van der Waals surface area contributed by atoms with Crippen molar-refractivity contribution in [3.63, 3.8) is 0 Å². The van der Waals surface area contributed by atoms with Gasteiger partial charge in [0.1, 0.15) is 0 Å². The van der Waals surface area contributed by atoms with Gasteiger partial charge in [-0.15, -0.1) is 0 Å². The third-order valence-corrected chi connectivity index (χ3v) is 2.55. The number of carboxylic acid groups (broad SMARTS) is 1. The second-order valence-corrected chi connectivity index (χ2v) is 6.28. The Morgan fingerprint density at radius 3 is 1.61 bits per heavy atom. The molecular weight excluding hydrogens is 232 g/mol. The minimum Gasteiger partial charge on any atom is -0.515 e. The molecule has 0 atom stereocenters. The van der Waals surface area contributed by atoms with E-state index < -0.39 is 17.2 Å². The summed E-state index contributed by atoms with van der Waals surface area (Å²) in [6.45, 7) is 10.9. The lowest BCUT2D eigenvalue weighted by atomic mass is 9.79. The van der Waals surface area contributed by atoms with Gasteiger partial charge in [0.25, 0.3) is 5.78 Å². The fourth-order valence-corrected chi connectivity index (χ4v) is 1.34. The number of carbonyl (C=O) groups is 2. The molecule has 0 bridgehead atoms. The highest BCUT2D eigenvalue weighted by Gasteiger charge is 2.30. The fourth-order valence-electron chi connectivity index (χ4n) is 1.34. The van der Waals surface area contributed by atoms with Gasteiger partial charge in [-0.1, -0.05) is 41.5 Å². The van der Waals surface area contributed by atoms with Crippen molar-refractivity contribution in [3.05, 3.63) is 23.5 Å². The molecule has 0 aromatic rings. The van der Waals surface area contributed by atoms with Gasteiger partial charge in [-0.05, 0) is 22.5 Å². The van der Waals surface area contributed by atoms with Crippen LogP contribution in [0.5, 0.6) is 0 Å². The third kappa shape index (κ3) is 4.35. The number of carbonyl (C=O) groups excluding carboxylic acids is 1. The van der Waals surface area contributed by atoms with Crippen LogP contribution in [-0.2, 0) is 9.59 Å². The van der Waals surface area contributed by atoms with Crippen LogP contribution in [0.3, 0.4) is 0 Å². The molecule has 102 valence electrons. The maximum absolute atomic E-state index is 11.7. The molecule has 0 saturated carbocycles. The number of rotatable bonds is 3. The molecule has 18 heavy (non-hydrogen) atoms. The lowest BCUT2D eigenvalue weighted by molar-refractivity contribution is -0.147. The summed E-state index contributed by atoms with van der Waals surface area (Å²) in [5, 5.41) is 18.1. The molecule has 0 spiro atoms. The van der Waals surface area contributed by atoms with Crippen LogP contribution in [0.1, 0.15) is 41.5 Å². The van der Waals surface area contributed by atoms with Crippen LogP contribution < -0.4 is 0 Å². The van der Waals surface area contributed by atoms with Crippen LogP contribution in [0.4, 0.5) is 0 Å². The zero-order chi connectivity index (χ0) is 14.7. The van der Waals surface area contributed by atoms with Crippen molar-refractivity contribution in [1.29, 1.82) is 0 Å². The van der Waals surface area contributed by atoms with Crippen LogP contribution in [0.25, 0.3) is 0 Å². The van der Waals surface area contributed by atoms with Crippen molar-refractivity contribution >= 4 is 11.8 Å². The first-order valence-electron chi connectivity index (χ1n) is 5.76. The second kappa shape index (κ2) is 5.38. The normalized spacial score (nSPS) is 14.6. The number of aliphatic hydroxyl groups excluding tert-OH is 1. The molecular formula is C14H22O4. The van der Waals surface area contributed by atoms with Gasteiger partial charge in [0, 0.05) is 5.57 Å². The quantitative estimate of drug-likeness (QED) is 0.351. The topological polar surface area (TPSA) is 74.6 Å². The highest BCUT2D eigenvalue weighted by Crippen LogP contribution is 2.32. The first-order valence-corrected chi connectivity index (χ1v) is 5.76. The van der Waals surface area contributed by atoms with Crippen LogP contribution >= 0.6 is 0 Å². The average Bonchev–Trinajstić information content (AvgIpc) is 2.13. The van der Waals surface area contributed by atoms with E-state index in [2.05, 4.69) is 0 Å². The number of hydrogen-bond acceptors (Lipinski definition) is 3. The number of Topliss-reactive ketones (excluding diaryl/α,β-unsaturated/α-hetero) is 1. The van der Waals surface area contributed by atoms with E-state index in [-0.39, 0.29) is 11.0 Å². The van der Waals surface area contributed by atoms with Gasteiger partial charge in [0.05, 0.1) is 6.26 Å². The monoisotopic (exact) mass is 254 g/mol. The van der Waals surface area contributed by atoms with E-state index in [1.165, 1.54) is 6.08 Å². The highest BCUT2D eigenvalue weighted by atomic mass is 16.4. The second-order valence-electron chi connectivity index (χ2n) is 6.28. The number of ketones is 1. The zero-order valence-corrected chi connectivity index (χ0v) is 11.9. The Bertz CT molecular complexity index is 400. The maximum Gasteiger partial charge on any atom is 0.376 e. The predicted molar refractivity (Wildman–Crippen MR) is 70.3 cm³/mol. The van der Waals surface area contributed by atoms with Crippen LogP contribution in [-0.4, -0.2) is 22.0 Å². The molecule has 2 N–H and O–H groups in total. The molecule has 0 unspecified atom stereocenters. The van der Waals surface area contributed by atoms with Gasteiger partial charge < -0.3 is 10.2 Å². The number of hydrogen-bond donors (Lipinski definition) is 2. The van der Waals surface area contributed by atoms with Gasteiger partial charge in [-0.25, -0.2) is 4.79 Å². The van der Waals surface area contributed by atoms with Crippen molar-refractivity contribution in [2.45, 2.75) is 41.5 Å². The lowest BCUT2D eigenvalue weighted by Crippen LogP contribution is -2.25. The minimum atomic E-state index is -1.48. The number of aliphatic hydroxyl groups is 1. The first kappa shape index (κ1) is 16.4. The van der Waals surface area contributed by atoms with E-state index in [9.17, 15) is 14.7 Å². The van der Waals surface area contributed by atoms with Gasteiger partial charge in [-0.2, -0.15) is 0 Å². The Kier molecular flexibility index (Phi) is 4.90. The Hall–Kier alpha value is -1.58. The van der Waals surface area contributed by atoms with Crippen molar-refractivity contribution in [2.75, 3.05) is 0 Å². The van der Waals surface area contributed by atoms with E-state index in [1.807, 2.05) is 20.8 Å². The fraction of sp³-hybridized carbons (Fsp3) is 0.571. The first-order chi connectivity index (χ1) is 7.91. The molecule has 0 aliphatic heterocycles. The summed E-state index contributed by atoms with van der Waals surface area (Å²) in [6.07, 6.45) is 2.39. The molecule has 4 nitrogen and oxygen atoms in total. The molecule has 0 aromatic heterocycles. The molecule has 0 aromatic carbocycles. The molecule has 0 heterocycles. The Labute approximate surface area is 108 Å². The van der Waals surface area contributed by atoms with E-state index in [1.54, 1.807) is 20.8 Å². The molecule has 0 aliphatic carbocycles. The van der Waals surface area contributed by atoms with Gasteiger partial charge in [-0.3, -0.25) is 4.79 Å². The number of allylic oxidation sites excluding steroid dienone is 2. The van der Waals surface area contributed by atoms with E-state index >= 15 is 0 Å². The smallest absolute Gasteiger partial charge is 0.376 e. The predicted octanol–water partition coefficient (Wildman–Crippen LogP) is 3.10. The van der Waals surface area contributed by atoms with Gasteiger partial charge >= 0.3 is 5.97 Å². The summed E-state index contributed by atoms with van der Waals surface area (Å²) in [4.78, 5) is 22.5. The lowest BCUT2D eigenvalue weighted by Gasteiger charge is -2.25. The molecule has 0 aliphatic rings. The number of carboxylic acids is 1. The summed E-state index contributed by atoms with van der Waals surface area (Å²) in [5.41, 5.74) is -0.286. The summed E-state index contributed by atoms with van der Waals surface area (Å²) < 4.78 is 0. The van der Waals surface area contributed by atoms with Crippen LogP contribution in [0, 0.1) is 10.8 Å². The van der Waals surface area contributed by atoms with Gasteiger partial charge in [0.2, 0.25) is 0 Å². The minimum absolute atomic E-state index is 0.172.